The van der Waals surface area contributed by atoms with Gasteiger partial charge in [-0.1, -0.05) is 35.3 Å². The van der Waals surface area contributed by atoms with E-state index in [1.54, 1.807) is 6.07 Å². The molecule has 0 aliphatic rings. The molecular weight excluding hydrogens is 293 g/mol. The van der Waals surface area contributed by atoms with Crippen LogP contribution in [0.4, 0.5) is 5.69 Å². The topological polar surface area (TPSA) is 43.8 Å². The van der Waals surface area contributed by atoms with Gasteiger partial charge < -0.3 is 10.3 Å². The Labute approximate surface area is 126 Å². The molecule has 20 heavy (non-hydrogen) atoms. The zero-order valence-electron chi connectivity index (χ0n) is 10.9. The van der Waals surface area contributed by atoms with Gasteiger partial charge in [0, 0.05) is 12.2 Å². The van der Waals surface area contributed by atoms with Gasteiger partial charge >= 0.3 is 0 Å². The molecule has 2 aromatic carbocycles. The van der Waals surface area contributed by atoms with Crippen molar-refractivity contribution in [2.24, 2.45) is 0 Å². The summed E-state index contributed by atoms with van der Waals surface area (Å²) in [5, 5.41) is 1.06. The number of fused-ring (bicyclic) bond motifs is 1. The highest BCUT2D eigenvalue weighted by Gasteiger charge is 2.10. The Morgan fingerprint density at radius 3 is 2.45 bits per heavy atom. The number of benzene rings is 2. The number of nitrogens with zero attached hydrogens (tertiary/aromatic N) is 2. The molecule has 102 valence electrons. The van der Waals surface area contributed by atoms with E-state index in [2.05, 4.69) is 9.55 Å². The Morgan fingerprint density at radius 1 is 1.10 bits per heavy atom. The fourth-order valence-corrected chi connectivity index (χ4v) is 2.56. The summed E-state index contributed by atoms with van der Waals surface area (Å²) in [6.45, 7) is 2.69. The molecule has 1 heterocycles. The molecule has 0 aliphatic carbocycles. The highest BCUT2D eigenvalue weighted by atomic mass is 35.5. The van der Waals surface area contributed by atoms with E-state index in [9.17, 15) is 0 Å². The number of halogens is 2. The number of nitrogens with two attached hydrogens (primary N) is 1. The second-order valence-electron chi connectivity index (χ2n) is 4.74. The Morgan fingerprint density at radius 2 is 1.75 bits per heavy atom. The summed E-state index contributed by atoms with van der Waals surface area (Å²) in [5.41, 5.74) is 9.46. The number of nitrogen functional groups attached to an aromatic ring is 1. The highest BCUT2D eigenvalue weighted by molar-refractivity contribution is 6.42. The molecule has 0 fully saturated rings. The van der Waals surface area contributed by atoms with E-state index in [-0.39, 0.29) is 0 Å². The van der Waals surface area contributed by atoms with Crippen LogP contribution >= 0.6 is 23.2 Å². The van der Waals surface area contributed by atoms with E-state index in [4.69, 9.17) is 28.9 Å². The van der Waals surface area contributed by atoms with Crippen molar-refractivity contribution in [2.45, 2.75) is 13.5 Å². The van der Waals surface area contributed by atoms with E-state index in [1.165, 1.54) is 0 Å². The predicted octanol–water partition coefficient (Wildman–Crippen LogP) is 4.28. The van der Waals surface area contributed by atoms with Gasteiger partial charge in [0.2, 0.25) is 0 Å². The molecule has 0 radical (unpaired) electrons. The third-order valence-electron chi connectivity index (χ3n) is 3.30. The first-order chi connectivity index (χ1) is 9.54. The van der Waals surface area contributed by atoms with Gasteiger partial charge in [0.1, 0.15) is 5.82 Å². The smallest absolute Gasteiger partial charge is 0.107 e. The standard InChI is InChI=1S/C15H13Cl2N3/c1-9-19-14-6-12(16)13(17)7-15(14)20(9)8-10-2-4-11(18)5-3-10/h2-7H,8,18H2,1H3. The Hall–Kier alpha value is -1.71. The lowest BCUT2D eigenvalue weighted by Crippen LogP contribution is -2.02. The molecule has 3 rings (SSSR count). The van der Waals surface area contributed by atoms with Crippen LogP contribution in [0, 0.1) is 6.92 Å². The van der Waals surface area contributed by atoms with Crippen LogP contribution in [0.3, 0.4) is 0 Å². The number of aryl methyl sites for hydroxylation is 1. The quantitative estimate of drug-likeness (QED) is 0.718. The van der Waals surface area contributed by atoms with Gasteiger partial charge in [0.05, 0.1) is 21.1 Å². The maximum Gasteiger partial charge on any atom is 0.107 e. The van der Waals surface area contributed by atoms with Crippen LogP contribution in [-0.2, 0) is 6.54 Å². The van der Waals surface area contributed by atoms with Crippen molar-refractivity contribution >= 4 is 39.9 Å². The van der Waals surface area contributed by atoms with Gasteiger partial charge in [-0.2, -0.15) is 0 Å². The third-order valence-corrected chi connectivity index (χ3v) is 4.02. The van der Waals surface area contributed by atoms with Crippen molar-refractivity contribution in [1.82, 2.24) is 9.55 Å². The summed E-state index contributed by atoms with van der Waals surface area (Å²) in [6.07, 6.45) is 0. The maximum absolute atomic E-state index is 6.10. The van der Waals surface area contributed by atoms with Crippen molar-refractivity contribution in [3.8, 4) is 0 Å². The molecule has 3 nitrogen and oxygen atoms in total. The Bertz CT molecular complexity index is 776. The van der Waals surface area contributed by atoms with E-state index in [0.717, 1.165) is 34.7 Å². The summed E-state index contributed by atoms with van der Waals surface area (Å²) >= 11 is 12.1. The Balaban J connectivity index is 2.08. The van der Waals surface area contributed by atoms with Gasteiger partial charge in [0.15, 0.2) is 0 Å². The van der Waals surface area contributed by atoms with Crippen molar-refractivity contribution in [2.75, 3.05) is 5.73 Å². The number of imidazole rings is 1. The second kappa shape index (κ2) is 5.00. The van der Waals surface area contributed by atoms with Gasteiger partial charge in [0.25, 0.3) is 0 Å². The molecule has 0 amide bonds. The SMILES string of the molecule is Cc1nc2cc(Cl)c(Cl)cc2n1Cc1ccc(N)cc1. The van der Waals surface area contributed by atoms with Crippen molar-refractivity contribution in [3.05, 3.63) is 57.8 Å². The van der Waals surface area contributed by atoms with Crippen LogP contribution < -0.4 is 5.73 Å². The molecule has 0 unspecified atom stereocenters. The fourth-order valence-electron chi connectivity index (χ4n) is 2.25. The molecule has 0 bridgehead atoms. The predicted molar refractivity (Wildman–Crippen MR) is 84.4 cm³/mol. The van der Waals surface area contributed by atoms with Crippen LogP contribution in [0.2, 0.25) is 10.0 Å². The first kappa shape index (κ1) is 13.3. The van der Waals surface area contributed by atoms with Gasteiger partial charge in [-0.05, 0) is 36.8 Å². The van der Waals surface area contributed by atoms with Crippen molar-refractivity contribution in [3.63, 3.8) is 0 Å². The van der Waals surface area contributed by atoms with Crippen LogP contribution in [-0.4, -0.2) is 9.55 Å². The summed E-state index contributed by atoms with van der Waals surface area (Å²) in [5.74, 6) is 0.926. The number of hydrogen-bond donors (Lipinski definition) is 1. The molecule has 5 heteroatoms. The van der Waals surface area contributed by atoms with Gasteiger partial charge in [-0.15, -0.1) is 0 Å². The number of anilines is 1. The molecule has 0 aliphatic heterocycles. The maximum atomic E-state index is 6.10. The molecular formula is C15H13Cl2N3. The third kappa shape index (κ3) is 2.35. The molecule has 0 atom stereocenters. The van der Waals surface area contributed by atoms with Gasteiger partial charge in [-0.25, -0.2) is 4.98 Å². The molecule has 3 aromatic rings. The zero-order valence-corrected chi connectivity index (χ0v) is 12.4. The van der Waals surface area contributed by atoms with E-state index < -0.39 is 0 Å². The number of aromatic nitrogens is 2. The number of hydrogen-bond acceptors (Lipinski definition) is 2. The first-order valence-corrected chi connectivity index (χ1v) is 6.96. The lowest BCUT2D eigenvalue weighted by molar-refractivity contribution is 0.786. The minimum atomic E-state index is 0.524. The fraction of sp³-hybridized carbons (Fsp3) is 0.133. The summed E-state index contributed by atoms with van der Waals surface area (Å²) in [4.78, 5) is 4.52. The van der Waals surface area contributed by atoms with E-state index >= 15 is 0 Å². The van der Waals surface area contributed by atoms with Crippen molar-refractivity contribution < 1.29 is 0 Å². The second-order valence-corrected chi connectivity index (χ2v) is 5.56. The molecule has 1 aromatic heterocycles. The first-order valence-electron chi connectivity index (χ1n) is 6.21. The minimum absolute atomic E-state index is 0.524. The molecule has 0 saturated carbocycles. The van der Waals surface area contributed by atoms with Crippen LogP contribution in [0.25, 0.3) is 11.0 Å². The molecule has 0 saturated heterocycles. The highest BCUT2D eigenvalue weighted by Crippen LogP contribution is 2.28. The summed E-state index contributed by atoms with van der Waals surface area (Å²) < 4.78 is 2.11. The van der Waals surface area contributed by atoms with Gasteiger partial charge in [-0.3, -0.25) is 0 Å². The average molecular weight is 306 g/mol. The zero-order chi connectivity index (χ0) is 14.3. The van der Waals surface area contributed by atoms with E-state index in [1.807, 2.05) is 37.3 Å². The number of rotatable bonds is 2. The average Bonchev–Trinajstić information content (AvgIpc) is 2.69. The van der Waals surface area contributed by atoms with Crippen LogP contribution in [0.5, 0.6) is 0 Å². The molecule has 2 N–H and O–H groups in total. The minimum Gasteiger partial charge on any atom is -0.399 e. The monoisotopic (exact) mass is 305 g/mol. The van der Waals surface area contributed by atoms with Crippen LogP contribution in [0.1, 0.15) is 11.4 Å². The largest absolute Gasteiger partial charge is 0.399 e. The summed E-state index contributed by atoms with van der Waals surface area (Å²) in [6, 6.07) is 11.5. The lowest BCUT2D eigenvalue weighted by Gasteiger charge is -2.08. The van der Waals surface area contributed by atoms with Crippen LogP contribution in [0.15, 0.2) is 36.4 Å². The molecule has 0 spiro atoms. The van der Waals surface area contributed by atoms with E-state index in [0.29, 0.717) is 10.0 Å². The Kier molecular flexibility index (Phi) is 3.32. The normalized spacial score (nSPS) is 11.2. The summed E-state index contributed by atoms with van der Waals surface area (Å²) in [7, 11) is 0. The lowest BCUT2D eigenvalue weighted by atomic mass is 10.2. The van der Waals surface area contributed by atoms with Crippen molar-refractivity contribution in [1.29, 1.82) is 0 Å².